The first-order valence-electron chi connectivity index (χ1n) is 7.93. The third-order valence-corrected chi connectivity index (χ3v) is 14.9. The van der Waals surface area contributed by atoms with E-state index in [2.05, 4.69) is 39.2 Å². The van der Waals surface area contributed by atoms with E-state index in [4.69, 9.17) is 36.7 Å². The Kier molecular flexibility index (Phi) is 13.5. The van der Waals surface area contributed by atoms with Crippen LogP contribution in [-0.2, 0) is 10.1 Å². The van der Waals surface area contributed by atoms with E-state index in [1.54, 1.807) is 0 Å². The SMILES string of the molecule is C=CCC(CCCC)S(C(CC=C)CCCC)=P(S)(S)S. The molecule has 0 amide bonds. The Labute approximate surface area is 151 Å². The van der Waals surface area contributed by atoms with Crippen molar-refractivity contribution in [1.82, 2.24) is 0 Å². The van der Waals surface area contributed by atoms with Gasteiger partial charge in [-0.25, -0.2) is 0 Å². The Morgan fingerprint density at radius 2 is 1.29 bits per heavy atom. The molecule has 0 rings (SSSR count). The number of hydrogen-bond donors (Lipinski definition) is 3. The number of thiol groups is 3. The lowest BCUT2D eigenvalue weighted by atomic mass is 10.1. The topological polar surface area (TPSA) is 0 Å². The molecule has 0 radical (unpaired) electrons. The zero-order chi connectivity index (χ0) is 16.3. The van der Waals surface area contributed by atoms with E-state index in [1.807, 2.05) is 0 Å². The average molecular weight is 385 g/mol. The molecule has 0 spiro atoms. The Morgan fingerprint density at radius 3 is 1.52 bits per heavy atom. The monoisotopic (exact) mass is 384 g/mol. The third kappa shape index (κ3) is 9.25. The second kappa shape index (κ2) is 12.7. The van der Waals surface area contributed by atoms with Crippen LogP contribution in [0.3, 0.4) is 0 Å². The molecule has 0 aromatic heterocycles. The van der Waals surface area contributed by atoms with Gasteiger partial charge in [-0.2, -0.15) is 10.1 Å². The van der Waals surface area contributed by atoms with Crippen molar-refractivity contribution >= 4 is 50.5 Å². The van der Waals surface area contributed by atoms with Gasteiger partial charge in [-0.15, -0.1) is 49.9 Å². The summed E-state index contributed by atoms with van der Waals surface area (Å²) in [4.78, 5) is 0. The highest BCUT2D eigenvalue weighted by atomic mass is 33.5. The molecule has 2 unspecified atom stereocenters. The minimum Gasteiger partial charge on any atom is -0.156 e. The first kappa shape index (κ1) is 22.3. The highest BCUT2D eigenvalue weighted by Gasteiger charge is 2.25. The molecule has 21 heavy (non-hydrogen) atoms. The van der Waals surface area contributed by atoms with Crippen molar-refractivity contribution in [3.63, 3.8) is 0 Å². The molecule has 0 heterocycles. The largest absolute Gasteiger partial charge is 0.156 e. The van der Waals surface area contributed by atoms with Crippen LogP contribution < -0.4 is 0 Å². The Morgan fingerprint density at radius 1 is 0.905 bits per heavy atom. The van der Waals surface area contributed by atoms with Crippen LogP contribution in [0.15, 0.2) is 25.3 Å². The fourth-order valence-electron chi connectivity index (χ4n) is 2.58. The van der Waals surface area contributed by atoms with E-state index in [1.165, 1.54) is 38.5 Å². The summed E-state index contributed by atoms with van der Waals surface area (Å²) in [5, 5.41) is 1.26. The van der Waals surface area contributed by atoms with E-state index >= 15 is 0 Å². The highest BCUT2D eigenvalue weighted by molar-refractivity contribution is 9.17. The van der Waals surface area contributed by atoms with E-state index < -0.39 is 3.64 Å². The molecule has 0 aliphatic rings. The molecule has 0 saturated heterocycles. The Balaban J connectivity index is 5.48. The number of unbranched alkanes of at least 4 members (excludes halogenated alkanes) is 2. The average Bonchev–Trinajstić information content (AvgIpc) is 2.40. The minimum absolute atomic E-state index is 0.141. The fourth-order valence-corrected chi connectivity index (χ4v) is 16.2. The smallest absolute Gasteiger partial charge is 0.0626 e. The molecular weight excluding hydrogens is 351 g/mol. The lowest BCUT2D eigenvalue weighted by Crippen LogP contribution is -2.25. The molecule has 0 bridgehead atoms. The first-order valence-corrected chi connectivity index (χ1v) is 15.1. The molecule has 0 aromatic rings. The van der Waals surface area contributed by atoms with Crippen LogP contribution in [0.4, 0.5) is 0 Å². The minimum atomic E-state index is -1.76. The van der Waals surface area contributed by atoms with Gasteiger partial charge in [0.2, 0.25) is 0 Å². The molecular formula is C16H33PS4. The maximum Gasteiger partial charge on any atom is 0.0626 e. The third-order valence-electron chi connectivity index (χ3n) is 3.58. The van der Waals surface area contributed by atoms with E-state index in [0.29, 0.717) is 10.5 Å². The van der Waals surface area contributed by atoms with Gasteiger partial charge in [0.05, 0.1) is 3.64 Å². The van der Waals surface area contributed by atoms with Crippen LogP contribution >= 0.6 is 40.4 Å². The fraction of sp³-hybridized carbons (Fsp3) is 0.750. The van der Waals surface area contributed by atoms with Gasteiger partial charge in [-0.05, 0) is 25.7 Å². The molecule has 0 aliphatic heterocycles. The normalized spacial score (nSPS) is 16.2. The van der Waals surface area contributed by atoms with Crippen molar-refractivity contribution in [3.05, 3.63) is 25.3 Å². The maximum absolute atomic E-state index is 4.84. The summed E-state index contributed by atoms with van der Waals surface area (Å²) in [7, 11) is 0.141. The standard InChI is InChI=1S/C16H33PS4/c1-5-9-13-15(11-7-3)21(17(18,19)20)16(12-8-4)14-10-6-2/h7-8,15-16,18-20H,3-6,9-14H2,1-2H3. The summed E-state index contributed by atoms with van der Waals surface area (Å²) in [6, 6.07) is 0. The summed E-state index contributed by atoms with van der Waals surface area (Å²) in [5.74, 6) is 0. The van der Waals surface area contributed by atoms with Gasteiger partial charge in [-0.3, -0.25) is 0 Å². The maximum atomic E-state index is 4.84. The molecule has 5 heteroatoms. The number of allylic oxidation sites excluding steroid dienone is 2. The van der Waals surface area contributed by atoms with Crippen LogP contribution in [-0.4, -0.2) is 10.5 Å². The second-order valence-corrected chi connectivity index (χ2v) is 22.1. The summed E-state index contributed by atoms with van der Waals surface area (Å²) in [6.07, 6.45) is 13.8. The van der Waals surface area contributed by atoms with Crippen molar-refractivity contribution in [1.29, 1.82) is 0 Å². The molecule has 0 saturated carbocycles. The second-order valence-electron chi connectivity index (χ2n) is 5.44. The van der Waals surface area contributed by atoms with Gasteiger partial charge in [0.25, 0.3) is 0 Å². The van der Waals surface area contributed by atoms with Gasteiger partial charge in [0, 0.05) is 10.5 Å². The van der Waals surface area contributed by atoms with Gasteiger partial charge in [-0.1, -0.05) is 51.7 Å². The summed E-state index contributed by atoms with van der Waals surface area (Å²) >= 11 is 14.5. The molecule has 0 nitrogen and oxygen atoms in total. The molecule has 0 aromatic carbocycles. The van der Waals surface area contributed by atoms with E-state index in [9.17, 15) is 0 Å². The first-order chi connectivity index (χ1) is 9.92. The highest BCUT2D eigenvalue weighted by Crippen LogP contribution is 2.67. The zero-order valence-electron chi connectivity index (χ0n) is 13.6. The Bertz CT molecular complexity index is 327. The van der Waals surface area contributed by atoms with Gasteiger partial charge in [0.1, 0.15) is 0 Å². The summed E-state index contributed by atoms with van der Waals surface area (Å²) in [6.45, 7) is 12.4. The molecule has 0 fully saturated rings. The molecule has 126 valence electrons. The van der Waals surface area contributed by atoms with Crippen molar-refractivity contribution < 1.29 is 0 Å². The van der Waals surface area contributed by atoms with Gasteiger partial charge in [0.15, 0.2) is 0 Å². The number of rotatable bonds is 12. The molecule has 0 aliphatic carbocycles. The number of hydrogen-bond acceptors (Lipinski definition) is 0. The van der Waals surface area contributed by atoms with Gasteiger partial charge < -0.3 is 0 Å². The summed E-state index contributed by atoms with van der Waals surface area (Å²) in [5.41, 5.74) is 0. The lowest BCUT2D eigenvalue weighted by Gasteiger charge is -2.32. The molecule has 0 N–H and O–H groups in total. The predicted molar refractivity (Wildman–Crippen MR) is 117 cm³/mol. The van der Waals surface area contributed by atoms with Crippen molar-refractivity contribution in [2.45, 2.75) is 75.7 Å². The van der Waals surface area contributed by atoms with Crippen molar-refractivity contribution in [2.24, 2.45) is 0 Å². The quantitative estimate of drug-likeness (QED) is 0.175. The van der Waals surface area contributed by atoms with Crippen LogP contribution in [0, 0.1) is 0 Å². The predicted octanol–water partition coefficient (Wildman–Crippen LogP) is 7.34. The van der Waals surface area contributed by atoms with Crippen molar-refractivity contribution in [2.75, 3.05) is 0 Å². The Hall–Kier alpha value is 1.31. The van der Waals surface area contributed by atoms with E-state index in [0.717, 1.165) is 12.8 Å². The molecule has 2 atom stereocenters. The van der Waals surface area contributed by atoms with Crippen LogP contribution in [0.2, 0.25) is 0 Å². The van der Waals surface area contributed by atoms with Gasteiger partial charge >= 0.3 is 0 Å². The van der Waals surface area contributed by atoms with E-state index in [-0.39, 0.29) is 10.1 Å². The lowest BCUT2D eigenvalue weighted by molar-refractivity contribution is 0.659. The van der Waals surface area contributed by atoms with Crippen LogP contribution in [0.5, 0.6) is 0 Å². The van der Waals surface area contributed by atoms with Crippen molar-refractivity contribution in [3.8, 4) is 0 Å². The summed E-state index contributed by atoms with van der Waals surface area (Å²) < 4.78 is -1.76. The van der Waals surface area contributed by atoms with Crippen LogP contribution in [0.1, 0.15) is 65.2 Å². The zero-order valence-corrected chi connectivity index (χ0v) is 18.0. The van der Waals surface area contributed by atoms with Crippen LogP contribution in [0.25, 0.3) is 0 Å².